The SMILES string of the molecule is Cc1ccc(CC(Br)c2cc3c(s2)CCC3)cc1C. The second-order valence-corrected chi connectivity index (χ2v) is 7.81. The molecule has 0 radical (unpaired) electrons. The quantitative estimate of drug-likeness (QED) is 0.647. The lowest BCUT2D eigenvalue weighted by molar-refractivity contribution is 0.909. The van der Waals surface area contributed by atoms with Gasteiger partial charge in [0, 0.05) is 9.75 Å². The van der Waals surface area contributed by atoms with E-state index in [-0.39, 0.29) is 0 Å². The minimum atomic E-state index is 0.463. The fourth-order valence-corrected chi connectivity index (χ4v) is 4.77. The molecule has 0 nitrogen and oxygen atoms in total. The molecule has 1 aromatic carbocycles. The summed E-state index contributed by atoms with van der Waals surface area (Å²) in [6.07, 6.45) is 5.02. The maximum Gasteiger partial charge on any atom is 0.0529 e. The molecule has 0 aliphatic heterocycles. The number of aryl methyl sites for hydroxylation is 4. The van der Waals surface area contributed by atoms with Crippen molar-refractivity contribution in [2.75, 3.05) is 0 Å². The van der Waals surface area contributed by atoms with Gasteiger partial charge in [0.2, 0.25) is 0 Å². The van der Waals surface area contributed by atoms with E-state index in [1.54, 1.807) is 10.4 Å². The molecule has 19 heavy (non-hydrogen) atoms. The summed E-state index contributed by atoms with van der Waals surface area (Å²) in [4.78, 5) is 3.59. The summed E-state index contributed by atoms with van der Waals surface area (Å²) in [6.45, 7) is 4.37. The number of halogens is 1. The van der Waals surface area contributed by atoms with E-state index in [0.717, 1.165) is 6.42 Å². The molecule has 2 heteroatoms. The first-order chi connectivity index (χ1) is 9.13. The van der Waals surface area contributed by atoms with E-state index < -0.39 is 0 Å². The number of hydrogen-bond acceptors (Lipinski definition) is 1. The number of rotatable bonds is 3. The first-order valence-electron chi connectivity index (χ1n) is 6.95. The van der Waals surface area contributed by atoms with Crippen molar-refractivity contribution < 1.29 is 0 Å². The number of alkyl halides is 1. The van der Waals surface area contributed by atoms with E-state index in [4.69, 9.17) is 0 Å². The van der Waals surface area contributed by atoms with Crippen LogP contribution in [0.1, 0.15) is 43.3 Å². The monoisotopic (exact) mass is 334 g/mol. The molecular formula is C17H19BrS. The van der Waals surface area contributed by atoms with Crippen molar-refractivity contribution in [3.05, 3.63) is 56.3 Å². The molecule has 0 amide bonds. The summed E-state index contributed by atoms with van der Waals surface area (Å²) < 4.78 is 0. The van der Waals surface area contributed by atoms with Crippen molar-refractivity contribution in [1.82, 2.24) is 0 Å². The molecule has 0 N–H and O–H groups in total. The van der Waals surface area contributed by atoms with Crippen LogP contribution in [0.5, 0.6) is 0 Å². The summed E-state index contributed by atoms with van der Waals surface area (Å²) in [7, 11) is 0. The summed E-state index contributed by atoms with van der Waals surface area (Å²) >= 11 is 5.89. The van der Waals surface area contributed by atoms with Gasteiger partial charge in [0.15, 0.2) is 0 Å². The van der Waals surface area contributed by atoms with Gasteiger partial charge < -0.3 is 0 Å². The third-order valence-electron chi connectivity index (χ3n) is 4.06. The minimum absolute atomic E-state index is 0.463. The molecule has 2 aromatic rings. The topological polar surface area (TPSA) is 0 Å². The van der Waals surface area contributed by atoms with Crippen molar-refractivity contribution in [3.8, 4) is 0 Å². The van der Waals surface area contributed by atoms with Crippen LogP contribution in [0.2, 0.25) is 0 Å². The zero-order valence-electron chi connectivity index (χ0n) is 11.5. The second kappa shape index (κ2) is 5.41. The fraction of sp³-hybridized carbons (Fsp3) is 0.412. The van der Waals surface area contributed by atoms with Gasteiger partial charge in [0.25, 0.3) is 0 Å². The van der Waals surface area contributed by atoms with Crippen LogP contribution in [0.15, 0.2) is 24.3 Å². The minimum Gasteiger partial charge on any atom is -0.144 e. The Bertz CT molecular complexity index is 576. The third kappa shape index (κ3) is 2.80. The van der Waals surface area contributed by atoms with Gasteiger partial charge in [0.1, 0.15) is 0 Å². The Morgan fingerprint density at radius 2 is 2.00 bits per heavy atom. The van der Waals surface area contributed by atoms with Crippen LogP contribution in [0, 0.1) is 13.8 Å². The third-order valence-corrected chi connectivity index (χ3v) is 6.53. The molecule has 1 aliphatic carbocycles. The molecule has 1 heterocycles. The van der Waals surface area contributed by atoms with Crippen LogP contribution in [0.3, 0.4) is 0 Å². The Hall–Kier alpha value is -0.600. The van der Waals surface area contributed by atoms with Crippen molar-refractivity contribution >= 4 is 27.3 Å². The van der Waals surface area contributed by atoms with Gasteiger partial charge in [-0.3, -0.25) is 0 Å². The smallest absolute Gasteiger partial charge is 0.0529 e. The van der Waals surface area contributed by atoms with E-state index in [1.807, 2.05) is 11.3 Å². The molecule has 1 unspecified atom stereocenters. The Balaban J connectivity index is 1.76. The highest BCUT2D eigenvalue weighted by molar-refractivity contribution is 9.09. The number of benzene rings is 1. The summed E-state index contributed by atoms with van der Waals surface area (Å²) in [5.41, 5.74) is 5.80. The number of thiophene rings is 1. The summed E-state index contributed by atoms with van der Waals surface area (Å²) in [5, 5.41) is 0. The molecule has 0 saturated heterocycles. The van der Waals surface area contributed by atoms with Crippen molar-refractivity contribution in [2.24, 2.45) is 0 Å². The average molecular weight is 335 g/mol. The summed E-state index contributed by atoms with van der Waals surface area (Å²) in [6, 6.07) is 9.25. The van der Waals surface area contributed by atoms with Crippen LogP contribution in [-0.2, 0) is 19.3 Å². The first kappa shape index (κ1) is 13.4. The zero-order valence-corrected chi connectivity index (χ0v) is 13.9. The Kier molecular flexibility index (Phi) is 3.81. The van der Waals surface area contributed by atoms with Crippen LogP contribution in [0.4, 0.5) is 0 Å². The number of fused-ring (bicyclic) bond motifs is 1. The normalized spacial score (nSPS) is 15.5. The molecule has 0 spiro atoms. The Morgan fingerprint density at radius 3 is 2.74 bits per heavy atom. The van der Waals surface area contributed by atoms with E-state index >= 15 is 0 Å². The maximum absolute atomic E-state index is 3.88. The van der Waals surface area contributed by atoms with Gasteiger partial charge in [-0.15, -0.1) is 11.3 Å². The zero-order chi connectivity index (χ0) is 13.4. The summed E-state index contributed by atoms with van der Waals surface area (Å²) in [5.74, 6) is 0. The molecule has 1 aliphatic rings. The predicted molar refractivity (Wildman–Crippen MR) is 87.6 cm³/mol. The largest absolute Gasteiger partial charge is 0.144 e. The van der Waals surface area contributed by atoms with E-state index in [1.165, 1.54) is 40.8 Å². The van der Waals surface area contributed by atoms with Crippen LogP contribution < -0.4 is 0 Å². The molecule has 100 valence electrons. The van der Waals surface area contributed by atoms with E-state index in [2.05, 4.69) is 54.0 Å². The van der Waals surface area contributed by atoms with E-state index in [0.29, 0.717) is 4.83 Å². The van der Waals surface area contributed by atoms with Gasteiger partial charge in [-0.25, -0.2) is 0 Å². The second-order valence-electron chi connectivity index (χ2n) is 5.54. The van der Waals surface area contributed by atoms with Crippen molar-refractivity contribution in [3.63, 3.8) is 0 Å². The van der Waals surface area contributed by atoms with E-state index in [9.17, 15) is 0 Å². The highest BCUT2D eigenvalue weighted by Crippen LogP contribution is 2.38. The van der Waals surface area contributed by atoms with Crippen molar-refractivity contribution in [1.29, 1.82) is 0 Å². The average Bonchev–Trinajstić information content (AvgIpc) is 2.94. The molecule has 1 aromatic heterocycles. The molecular weight excluding hydrogens is 316 g/mol. The molecule has 3 rings (SSSR count). The molecule has 1 atom stereocenters. The van der Waals surface area contributed by atoms with Crippen molar-refractivity contribution in [2.45, 2.75) is 44.4 Å². The highest BCUT2D eigenvalue weighted by atomic mass is 79.9. The van der Waals surface area contributed by atoms with Gasteiger partial charge in [-0.05, 0) is 67.9 Å². The van der Waals surface area contributed by atoms with Gasteiger partial charge in [0.05, 0.1) is 4.83 Å². The Labute approximate surface area is 128 Å². The van der Waals surface area contributed by atoms with Gasteiger partial charge in [-0.1, -0.05) is 34.1 Å². The van der Waals surface area contributed by atoms with Crippen LogP contribution >= 0.6 is 27.3 Å². The van der Waals surface area contributed by atoms with Gasteiger partial charge >= 0.3 is 0 Å². The molecule has 0 fully saturated rings. The lowest BCUT2D eigenvalue weighted by atomic mass is 10.0. The Morgan fingerprint density at radius 1 is 1.16 bits per heavy atom. The maximum atomic E-state index is 3.88. The van der Waals surface area contributed by atoms with Gasteiger partial charge in [-0.2, -0.15) is 0 Å². The molecule has 0 saturated carbocycles. The first-order valence-corrected chi connectivity index (χ1v) is 8.68. The lowest BCUT2D eigenvalue weighted by Crippen LogP contribution is -1.94. The number of hydrogen-bond donors (Lipinski definition) is 0. The standard InChI is InChI=1S/C17H19BrS/c1-11-6-7-13(8-12(11)2)9-15(18)17-10-14-4-3-5-16(14)19-17/h6-8,10,15H,3-5,9H2,1-2H3. The predicted octanol–water partition coefficient (Wildman–Crippen LogP) is 5.53. The lowest BCUT2D eigenvalue weighted by Gasteiger charge is -2.10. The molecule has 0 bridgehead atoms. The van der Waals surface area contributed by atoms with Crippen LogP contribution in [0.25, 0.3) is 0 Å². The van der Waals surface area contributed by atoms with Crippen LogP contribution in [-0.4, -0.2) is 0 Å². The highest BCUT2D eigenvalue weighted by Gasteiger charge is 2.18. The fourth-order valence-electron chi connectivity index (χ4n) is 2.74.